The van der Waals surface area contributed by atoms with Crippen LogP contribution in [0.3, 0.4) is 0 Å². The molecule has 17 heavy (non-hydrogen) atoms. The minimum atomic E-state index is -0.792. The van der Waals surface area contributed by atoms with E-state index in [1.165, 1.54) is 12.1 Å². The van der Waals surface area contributed by atoms with Crippen molar-refractivity contribution in [3.05, 3.63) is 38.4 Å². The number of para-hydroxylation sites is 1. The summed E-state index contributed by atoms with van der Waals surface area (Å²) in [4.78, 5) is 19.9. The van der Waals surface area contributed by atoms with Gasteiger partial charge in [-0.25, -0.2) is 0 Å². The van der Waals surface area contributed by atoms with Crippen molar-refractivity contribution in [1.29, 1.82) is 0 Å². The molecule has 0 radical (unpaired) electrons. The van der Waals surface area contributed by atoms with Gasteiger partial charge in [-0.2, -0.15) is 0 Å². The molecule has 1 aromatic carbocycles. The predicted octanol–water partition coefficient (Wildman–Crippen LogP) is 2.68. The molecule has 0 heterocycles. The average molecular weight is 240 g/mol. The fourth-order valence-electron chi connectivity index (χ4n) is 1.28. The van der Waals surface area contributed by atoms with E-state index in [-0.39, 0.29) is 5.75 Å². The van der Waals surface area contributed by atoms with Crippen LogP contribution in [0.2, 0.25) is 0 Å². The Kier molecular flexibility index (Phi) is 4.38. The molecule has 0 atom stereocenters. The Morgan fingerprint density at radius 1 is 1.24 bits per heavy atom. The van der Waals surface area contributed by atoms with Crippen LogP contribution in [0.25, 0.3) is 0 Å². The first-order valence-corrected chi connectivity index (χ1v) is 5.12. The number of nitro benzene ring substituents is 2. The second kappa shape index (κ2) is 5.78. The number of nitrogens with zero attached hydrogens (tertiary/aromatic N) is 2. The Hall–Kier alpha value is -2.18. The molecule has 0 N–H and O–H groups in total. The van der Waals surface area contributed by atoms with E-state index in [0.717, 1.165) is 18.9 Å². The molecule has 0 aliphatic rings. The molecule has 0 spiro atoms. The summed E-state index contributed by atoms with van der Waals surface area (Å²) in [5.41, 5.74) is -1.14. The molecule has 0 aliphatic carbocycles. The van der Waals surface area contributed by atoms with E-state index in [4.69, 9.17) is 4.74 Å². The van der Waals surface area contributed by atoms with Crippen LogP contribution in [-0.2, 0) is 0 Å². The third kappa shape index (κ3) is 3.13. The van der Waals surface area contributed by atoms with E-state index < -0.39 is 21.2 Å². The lowest BCUT2D eigenvalue weighted by molar-refractivity contribution is -0.423. The van der Waals surface area contributed by atoms with Crippen LogP contribution >= 0.6 is 0 Å². The second-order valence-corrected chi connectivity index (χ2v) is 3.34. The molecule has 1 aromatic rings. The lowest BCUT2D eigenvalue weighted by Gasteiger charge is -2.05. The predicted molar refractivity (Wildman–Crippen MR) is 60.2 cm³/mol. The van der Waals surface area contributed by atoms with Crippen molar-refractivity contribution < 1.29 is 14.6 Å². The standard InChI is InChI=1S/C10H12N2O5/c1-2-3-7-17-9-6-4-5-8(11(13)14)10(9)12(15)16/h4-6H,2-3,7H2,1H3. The van der Waals surface area contributed by atoms with Crippen molar-refractivity contribution in [3.8, 4) is 5.75 Å². The molecule has 7 heteroatoms. The normalized spacial score (nSPS) is 9.94. The first-order valence-electron chi connectivity index (χ1n) is 5.12. The lowest BCUT2D eigenvalue weighted by Crippen LogP contribution is -2.02. The van der Waals surface area contributed by atoms with E-state index in [2.05, 4.69) is 0 Å². The molecule has 0 unspecified atom stereocenters. The van der Waals surface area contributed by atoms with Crippen LogP contribution in [0.5, 0.6) is 5.75 Å². The van der Waals surface area contributed by atoms with Crippen LogP contribution in [0, 0.1) is 20.2 Å². The van der Waals surface area contributed by atoms with E-state index in [1.54, 1.807) is 0 Å². The van der Waals surface area contributed by atoms with Crippen LogP contribution in [0.15, 0.2) is 18.2 Å². The molecule has 0 aliphatic heterocycles. The quantitative estimate of drug-likeness (QED) is 0.432. The highest BCUT2D eigenvalue weighted by Crippen LogP contribution is 2.36. The largest absolute Gasteiger partial charge is 0.487 e. The summed E-state index contributed by atoms with van der Waals surface area (Å²) in [6.07, 6.45) is 1.61. The maximum absolute atomic E-state index is 10.8. The van der Waals surface area contributed by atoms with Gasteiger partial charge in [-0.3, -0.25) is 20.2 Å². The Morgan fingerprint density at radius 3 is 2.47 bits per heavy atom. The monoisotopic (exact) mass is 240 g/mol. The molecule has 0 aromatic heterocycles. The summed E-state index contributed by atoms with van der Waals surface area (Å²) in [5, 5.41) is 21.5. The Labute approximate surface area is 97.3 Å². The molecular formula is C10H12N2O5. The second-order valence-electron chi connectivity index (χ2n) is 3.34. The fourth-order valence-corrected chi connectivity index (χ4v) is 1.28. The molecular weight excluding hydrogens is 228 g/mol. The van der Waals surface area contributed by atoms with Gasteiger partial charge in [0.05, 0.1) is 16.5 Å². The first-order chi connectivity index (χ1) is 8.07. The van der Waals surface area contributed by atoms with Crippen LogP contribution in [0.4, 0.5) is 11.4 Å². The summed E-state index contributed by atoms with van der Waals surface area (Å²) >= 11 is 0. The smallest absolute Gasteiger partial charge is 0.387 e. The van der Waals surface area contributed by atoms with Gasteiger partial charge in [0.2, 0.25) is 5.75 Å². The van der Waals surface area contributed by atoms with Crippen molar-refractivity contribution in [2.24, 2.45) is 0 Å². The first kappa shape index (κ1) is 12.9. The number of ether oxygens (including phenoxy) is 1. The van der Waals surface area contributed by atoms with Gasteiger partial charge in [0.15, 0.2) is 0 Å². The average Bonchev–Trinajstić information content (AvgIpc) is 2.28. The van der Waals surface area contributed by atoms with E-state index >= 15 is 0 Å². The van der Waals surface area contributed by atoms with Crippen LogP contribution in [-0.4, -0.2) is 16.5 Å². The zero-order valence-electron chi connectivity index (χ0n) is 9.29. The maximum atomic E-state index is 10.8. The van der Waals surface area contributed by atoms with E-state index in [9.17, 15) is 20.2 Å². The molecule has 0 amide bonds. The summed E-state index contributed by atoms with van der Waals surface area (Å²) < 4.78 is 5.18. The van der Waals surface area contributed by atoms with Gasteiger partial charge in [0, 0.05) is 6.07 Å². The highest BCUT2D eigenvalue weighted by atomic mass is 16.6. The Morgan fingerprint density at radius 2 is 1.94 bits per heavy atom. The number of unbranched alkanes of at least 4 members (excludes halogenated alkanes) is 1. The van der Waals surface area contributed by atoms with Crippen LogP contribution in [0.1, 0.15) is 19.8 Å². The molecule has 1 rings (SSSR count). The topological polar surface area (TPSA) is 95.5 Å². The van der Waals surface area contributed by atoms with Gasteiger partial charge in [-0.05, 0) is 12.5 Å². The number of rotatable bonds is 6. The van der Waals surface area contributed by atoms with Crippen molar-refractivity contribution >= 4 is 11.4 Å². The van der Waals surface area contributed by atoms with Crippen molar-refractivity contribution in [3.63, 3.8) is 0 Å². The molecule has 0 saturated heterocycles. The molecule has 0 bridgehead atoms. The summed E-state index contributed by atoms with van der Waals surface area (Å²) in [5.74, 6) is -0.0577. The van der Waals surface area contributed by atoms with Crippen molar-refractivity contribution in [1.82, 2.24) is 0 Å². The molecule has 0 saturated carbocycles. The fraction of sp³-hybridized carbons (Fsp3) is 0.400. The number of hydrogen-bond donors (Lipinski definition) is 0. The number of benzene rings is 1. The van der Waals surface area contributed by atoms with Gasteiger partial charge in [0.1, 0.15) is 0 Å². The molecule has 0 fully saturated rings. The Balaban J connectivity index is 3.07. The van der Waals surface area contributed by atoms with Gasteiger partial charge in [-0.15, -0.1) is 0 Å². The third-order valence-electron chi connectivity index (χ3n) is 2.11. The Bertz CT molecular complexity index is 433. The molecule has 7 nitrogen and oxygen atoms in total. The maximum Gasteiger partial charge on any atom is 0.387 e. The van der Waals surface area contributed by atoms with Crippen molar-refractivity contribution in [2.45, 2.75) is 19.8 Å². The highest BCUT2D eigenvalue weighted by molar-refractivity contribution is 5.61. The van der Waals surface area contributed by atoms with Gasteiger partial charge in [-0.1, -0.05) is 19.4 Å². The summed E-state index contributed by atoms with van der Waals surface area (Å²) in [7, 11) is 0. The summed E-state index contributed by atoms with van der Waals surface area (Å²) in [6, 6.07) is 3.82. The third-order valence-corrected chi connectivity index (χ3v) is 2.11. The SMILES string of the molecule is CCCCOc1cccc([N+](=O)[O-])c1[N+](=O)[O-]. The zero-order chi connectivity index (χ0) is 12.8. The highest BCUT2D eigenvalue weighted by Gasteiger charge is 2.29. The van der Waals surface area contributed by atoms with Crippen LogP contribution < -0.4 is 4.74 Å². The van der Waals surface area contributed by atoms with Crippen molar-refractivity contribution in [2.75, 3.05) is 6.61 Å². The lowest BCUT2D eigenvalue weighted by atomic mass is 10.2. The minimum absolute atomic E-state index is 0.0577. The minimum Gasteiger partial charge on any atom is -0.487 e. The number of nitro groups is 2. The van der Waals surface area contributed by atoms with Gasteiger partial charge < -0.3 is 4.74 Å². The number of hydrogen-bond acceptors (Lipinski definition) is 5. The van der Waals surface area contributed by atoms with E-state index in [1.807, 2.05) is 6.92 Å². The van der Waals surface area contributed by atoms with Gasteiger partial charge in [0.25, 0.3) is 0 Å². The van der Waals surface area contributed by atoms with E-state index in [0.29, 0.717) is 6.61 Å². The zero-order valence-corrected chi connectivity index (χ0v) is 9.29. The summed E-state index contributed by atoms with van der Waals surface area (Å²) in [6.45, 7) is 2.25. The molecule has 92 valence electrons. The van der Waals surface area contributed by atoms with Gasteiger partial charge >= 0.3 is 11.4 Å².